The van der Waals surface area contributed by atoms with E-state index in [-0.39, 0.29) is 6.61 Å². The van der Waals surface area contributed by atoms with E-state index in [1.807, 2.05) is 13.8 Å². The normalized spacial score (nSPS) is 10.5. The van der Waals surface area contributed by atoms with Crippen LogP contribution in [0, 0.1) is 0 Å². The lowest BCUT2D eigenvalue weighted by molar-refractivity contribution is 0.283. The predicted octanol–water partition coefficient (Wildman–Crippen LogP) is 0.382. The van der Waals surface area contributed by atoms with E-state index in [1.54, 1.807) is 0 Å². The molecule has 0 rings (SSSR count). The highest BCUT2D eigenvalue weighted by Gasteiger charge is 1.90. The van der Waals surface area contributed by atoms with Gasteiger partial charge in [-0.2, -0.15) is 0 Å². The molecule has 0 saturated carbocycles. The quantitative estimate of drug-likeness (QED) is 0.529. The van der Waals surface area contributed by atoms with Gasteiger partial charge in [-0.1, -0.05) is 0 Å². The third-order valence-electron chi connectivity index (χ3n) is 0.810. The molecule has 0 aliphatic heterocycles. The number of rotatable bonds is 4. The van der Waals surface area contributed by atoms with Crippen LogP contribution in [0.2, 0.25) is 0 Å². The zero-order chi connectivity index (χ0) is 6.41. The molecule has 0 aromatic heterocycles. The molecule has 0 aliphatic rings. The van der Waals surface area contributed by atoms with Crippen molar-refractivity contribution in [3.63, 3.8) is 0 Å². The van der Waals surface area contributed by atoms with Crippen molar-refractivity contribution in [3.8, 4) is 0 Å². The molecule has 0 aromatic carbocycles. The van der Waals surface area contributed by atoms with E-state index in [0.717, 1.165) is 13.0 Å². The van der Waals surface area contributed by atoms with Gasteiger partial charge in [-0.25, -0.2) is 5.32 Å². The Hall–Kier alpha value is -0.0800. The summed E-state index contributed by atoms with van der Waals surface area (Å²) in [4.78, 5) is 0. The molecule has 0 aliphatic carbocycles. The molecule has 0 amide bonds. The van der Waals surface area contributed by atoms with Gasteiger partial charge in [-0.05, 0) is 20.3 Å². The molecule has 1 N–H and O–H groups in total. The predicted molar refractivity (Wildman–Crippen MR) is 33.8 cm³/mol. The summed E-state index contributed by atoms with van der Waals surface area (Å²) in [5, 5.41) is 12.5. The molecule has 0 atom stereocenters. The fraction of sp³-hybridized carbons (Fsp3) is 1.00. The van der Waals surface area contributed by atoms with Crippen molar-refractivity contribution in [3.05, 3.63) is 0 Å². The maximum Gasteiger partial charge on any atom is 0.0443 e. The summed E-state index contributed by atoms with van der Waals surface area (Å²) in [7, 11) is 0. The lowest BCUT2D eigenvalue weighted by Gasteiger charge is -2.01. The second-order valence-corrected chi connectivity index (χ2v) is 2.08. The van der Waals surface area contributed by atoms with Gasteiger partial charge < -0.3 is 5.11 Å². The van der Waals surface area contributed by atoms with Gasteiger partial charge in [0.15, 0.2) is 0 Å². The molecule has 1 radical (unpaired) electrons. The van der Waals surface area contributed by atoms with Crippen molar-refractivity contribution in [1.82, 2.24) is 5.32 Å². The van der Waals surface area contributed by atoms with Crippen molar-refractivity contribution >= 4 is 0 Å². The molecule has 0 bridgehead atoms. The van der Waals surface area contributed by atoms with Crippen LogP contribution in [0.4, 0.5) is 0 Å². The first-order chi connectivity index (χ1) is 3.77. The van der Waals surface area contributed by atoms with E-state index >= 15 is 0 Å². The molecule has 0 spiro atoms. The summed E-state index contributed by atoms with van der Waals surface area (Å²) in [6.45, 7) is 5.14. The van der Waals surface area contributed by atoms with Crippen molar-refractivity contribution in [1.29, 1.82) is 0 Å². The average molecular weight is 116 g/mol. The van der Waals surface area contributed by atoms with E-state index in [2.05, 4.69) is 5.32 Å². The number of aliphatic hydroxyl groups is 1. The van der Waals surface area contributed by atoms with Gasteiger partial charge in [0.25, 0.3) is 0 Å². The van der Waals surface area contributed by atoms with Gasteiger partial charge >= 0.3 is 0 Å². The fourth-order valence-electron chi connectivity index (χ4n) is 0.420. The highest BCUT2D eigenvalue weighted by molar-refractivity contribution is 4.49. The summed E-state index contributed by atoms with van der Waals surface area (Å²) in [6, 6.07) is 0.418. The van der Waals surface area contributed by atoms with Crippen LogP contribution in [0.5, 0.6) is 0 Å². The van der Waals surface area contributed by atoms with Gasteiger partial charge in [0.1, 0.15) is 0 Å². The van der Waals surface area contributed by atoms with E-state index in [1.165, 1.54) is 0 Å². The number of aliphatic hydroxyl groups excluding tert-OH is 1. The average Bonchev–Trinajstić information content (AvgIpc) is 1.66. The Labute approximate surface area is 50.9 Å². The number of nitrogens with zero attached hydrogens (tertiary/aromatic N) is 1. The van der Waals surface area contributed by atoms with Crippen molar-refractivity contribution in [2.24, 2.45) is 0 Å². The minimum atomic E-state index is 0.260. The Morgan fingerprint density at radius 1 is 1.50 bits per heavy atom. The minimum absolute atomic E-state index is 0.260. The molecule has 0 fully saturated rings. The molecule has 0 aromatic rings. The third-order valence-corrected chi connectivity index (χ3v) is 0.810. The van der Waals surface area contributed by atoms with Crippen LogP contribution in [-0.4, -0.2) is 24.3 Å². The second kappa shape index (κ2) is 5.06. The number of hydrogen-bond acceptors (Lipinski definition) is 1. The molecular weight excluding hydrogens is 102 g/mol. The summed E-state index contributed by atoms with van der Waals surface area (Å²) in [5.74, 6) is 0. The fourth-order valence-corrected chi connectivity index (χ4v) is 0.420. The Morgan fingerprint density at radius 3 is 2.50 bits per heavy atom. The highest BCUT2D eigenvalue weighted by atomic mass is 16.3. The minimum Gasteiger partial charge on any atom is -0.396 e. The number of hydrogen-bond donors (Lipinski definition) is 1. The van der Waals surface area contributed by atoms with E-state index in [4.69, 9.17) is 5.11 Å². The van der Waals surface area contributed by atoms with Crippen LogP contribution < -0.4 is 5.32 Å². The Kier molecular flexibility index (Phi) is 5.01. The standard InChI is InChI=1S/C6H14NO/c1-6(2)7-4-3-5-8/h6,8H,3-5H2,1-2H3. The molecule has 8 heavy (non-hydrogen) atoms. The SMILES string of the molecule is CC(C)[N]CCCO. The van der Waals surface area contributed by atoms with Crippen LogP contribution in [0.3, 0.4) is 0 Å². The third kappa shape index (κ3) is 5.92. The van der Waals surface area contributed by atoms with Gasteiger partial charge in [0.2, 0.25) is 0 Å². The largest absolute Gasteiger partial charge is 0.396 e. The molecular formula is C6H14NO. The second-order valence-electron chi connectivity index (χ2n) is 2.08. The molecule has 0 heterocycles. The summed E-state index contributed by atoms with van der Waals surface area (Å²) in [6.07, 6.45) is 0.804. The van der Waals surface area contributed by atoms with Crippen molar-refractivity contribution in [2.45, 2.75) is 26.3 Å². The van der Waals surface area contributed by atoms with Crippen molar-refractivity contribution in [2.75, 3.05) is 13.2 Å². The highest BCUT2D eigenvalue weighted by Crippen LogP contribution is 1.80. The first-order valence-electron chi connectivity index (χ1n) is 3.05. The lowest BCUT2D eigenvalue weighted by atomic mass is 10.3. The Morgan fingerprint density at radius 2 is 2.12 bits per heavy atom. The first-order valence-corrected chi connectivity index (χ1v) is 3.05. The lowest BCUT2D eigenvalue weighted by Crippen LogP contribution is -2.16. The summed E-state index contributed by atoms with van der Waals surface area (Å²) >= 11 is 0. The van der Waals surface area contributed by atoms with Gasteiger partial charge in [0, 0.05) is 19.2 Å². The zero-order valence-corrected chi connectivity index (χ0v) is 5.59. The van der Waals surface area contributed by atoms with E-state index < -0.39 is 0 Å². The first kappa shape index (κ1) is 7.92. The van der Waals surface area contributed by atoms with Crippen molar-refractivity contribution < 1.29 is 5.11 Å². The van der Waals surface area contributed by atoms with E-state index in [0.29, 0.717) is 6.04 Å². The molecule has 49 valence electrons. The van der Waals surface area contributed by atoms with Gasteiger partial charge in [-0.15, -0.1) is 0 Å². The van der Waals surface area contributed by atoms with Gasteiger partial charge in [0.05, 0.1) is 0 Å². The van der Waals surface area contributed by atoms with Crippen LogP contribution in [0.15, 0.2) is 0 Å². The van der Waals surface area contributed by atoms with Gasteiger partial charge in [-0.3, -0.25) is 0 Å². The Bertz CT molecular complexity index is 45.8. The monoisotopic (exact) mass is 116 g/mol. The topological polar surface area (TPSA) is 34.3 Å². The van der Waals surface area contributed by atoms with Crippen LogP contribution in [0.25, 0.3) is 0 Å². The molecule has 2 heteroatoms. The molecule has 2 nitrogen and oxygen atoms in total. The van der Waals surface area contributed by atoms with E-state index in [9.17, 15) is 0 Å². The van der Waals surface area contributed by atoms with Crippen LogP contribution >= 0.6 is 0 Å². The van der Waals surface area contributed by atoms with Crippen LogP contribution in [-0.2, 0) is 0 Å². The smallest absolute Gasteiger partial charge is 0.0443 e. The maximum absolute atomic E-state index is 8.32. The Balaban J connectivity index is 2.72. The molecule has 0 unspecified atom stereocenters. The maximum atomic E-state index is 8.32. The summed E-state index contributed by atoms with van der Waals surface area (Å²) < 4.78 is 0. The van der Waals surface area contributed by atoms with Crippen LogP contribution in [0.1, 0.15) is 20.3 Å². The molecule has 0 saturated heterocycles. The summed E-state index contributed by atoms with van der Waals surface area (Å²) in [5.41, 5.74) is 0. The zero-order valence-electron chi connectivity index (χ0n) is 5.59.